The van der Waals surface area contributed by atoms with Gasteiger partial charge in [0.05, 0.1) is 11.3 Å². The van der Waals surface area contributed by atoms with Crippen LogP contribution in [0.1, 0.15) is 35.8 Å². The fourth-order valence-corrected chi connectivity index (χ4v) is 3.24. The molecule has 1 atom stereocenters. The number of halogens is 1. The number of piperidine rings is 1. The molecule has 0 aliphatic carbocycles. The van der Waals surface area contributed by atoms with Crippen LogP contribution in [0.2, 0.25) is 5.15 Å². The molecule has 0 spiro atoms. The van der Waals surface area contributed by atoms with Crippen molar-refractivity contribution >= 4 is 17.5 Å². The molecular formula is C14H23ClN4O. The van der Waals surface area contributed by atoms with E-state index in [0.717, 1.165) is 31.7 Å². The van der Waals surface area contributed by atoms with Crippen molar-refractivity contribution in [1.82, 2.24) is 20.0 Å². The van der Waals surface area contributed by atoms with E-state index in [2.05, 4.69) is 10.4 Å². The van der Waals surface area contributed by atoms with E-state index in [9.17, 15) is 4.79 Å². The second kappa shape index (κ2) is 6.59. The van der Waals surface area contributed by atoms with E-state index in [1.54, 1.807) is 4.68 Å². The molecule has 6 heteroatoms. The van der Waals surface area contributed by atoms with Crippen molar-refractivity contribution in [3.05, 3.63) is 16.4 Å². The minimum atomic E-state index is 0.0213. The van der Waals surface area contributed by atoms with E-state index in [0.29, 0.717) is 23.2 Å². The molecule has 1 aliphatic rings. The summed E-state index contributed by atoms with van der Waals surface area (Å²) in [6.07, 6.45) is 2.22. The van der Waals surface area contributed by atoms with Crippen molar-refractivity contribution in [2.45, 2.75) is 33.2 Å². The van der Waals surface area contributed by atoms with Gasteiger partial charge < -0.3 is 10.2 Å². The first-order valence-corrected chi connectivity index (χ1v) is 7.63. The molecule has 0 bridgehead atoms. The summed E-state index contributed by atoms with van der Waals surface area (Å²) in [5, 5.41) is 7.98. The second-order valence-electron chi connectivity index (χ2n) is 5.38. The van der Waals surface area contributed by atoms with Crippen LogP contribution in [0.5, 0.6) is 0 Å². The molecule has 112 valence electrons. The van der Waals surface area contributed by atoms with Crippen LogP contribution in [-0.4, -0.2) is 47.3 Å². The van der Waals surface area contributed by atoms with Gasteiger partial charge in [-0.1, -0.05) is 11.6 Å². The van der Waals surface area contributed by atoms with Crippen molar-refractivity contribution in [1.29, 1.82) is 0 Å². The molecule has 1 N–H and O–H groups in total. The molecule has 1 aromatic rings. The zero-order valence-corrected chi connectivity index (χ0v) is 13.2. The number of hydrogen-bond donors (Lipinski definition) is 1. The van der Waals surface area contributed by atoms with Gasteiger partial charge in [-0.15, -0.1) is 0 Å². The fourth-order valence-electron chi connectivity index (χ4n) is 2.87. The molecule has 1 aliphatic heterocycles. The summed E-state index contributed by atoms with van der Waals surface area (Å²) >= 11 is 6.28. The Morgan fingerprint density at radius 2 is 2.30 bits per heavy atom. The van der Waals surface area contributed by atoms with E-state index in [1.807, 2.05) is 25.8 Å². The standard InChI is InChI=1S/C14H23ClN4O/c1-4-19-13(15)12(10(2)17-19)14(20)18-7-5-6-11(9-18)8-16-3/h11,16H,4-9H2,1-3H3/t11-/m0/s1. The SMILES string of the molecule is CCn1nc(C)c(C(=O)N2CCC[C@@H](CNC)C2)c1Cl. The first-order chi connectivity index (χ1) is 9.58. The van der Waals surface area contributed by atoms with Gasteiger partial charge in [0.15, 0.2) is 0 Å². The topological polar surface area (TPSA) is 50.2 Å². The quantitative estimate of drug-likeness (QED) is 0.924. The summed E-state index contributed by atoms with van der Waals surface area (Å²) < 4.78 is 1.68. The highest BCUT2D eigenvalue weighted by Gasteiger charge is 2.28. The molecule has 1 aromatic heterocycles. The molecule has 1 fully saturated rings. The van der Waals surface area contributed by atoms with E-state index in [1.165, 1.54) is 6.42 Å². The number of aromatic nitrogens is 2. The van der Waals surface area contributed by atoms with Crippen LogP contribution >= 0.6 is 11.6 Å². The summed E-state index contributed by atoms with van der Waals surface area (Å²) in [5.41, 5.74) is 1.29. The lowest BCUT2D eigenvalue weighted by molar-refractivity contribution is 0.0673. The number of carbonyl (C=O) groups excluding carboxylic acids is 1. The molecule has 2 rings (SSSR count). The van der Waals surface area contributed by atoms with E-state index >= 15 is 0 Å². The van der Waals surface area contributed by atoms with Gasteiger partial charge in [-0.25, -0.2) is 0 Å². The van der Waals surface area contributed by atoms with Gasteiger partial charge in [-0.05, 0) is 46.2 Å². The second-order valence-corrected chi connectivity index (χ2v) is 5.74. The predicted molar refractivity (Wildman–Crippen MR) is 80.2 cm³/mol. The Hall–Kier alpha value is -1.07. The Balaban J connectivity index is 2.16. The maximum Gasteiger partial charge on any atom is 0.258 e. The minimum absolute atomic E-state index is 0.0213. The molecule has 1 saturated heterocycles. The molecule has 0 aromatic carbocycles. The first-order valence-electron chi connectivity index (χ1n) is 7.25. The summed E-state index contributed by atoms with van der Waals surface area (Å²) in [6, 6.07) is 0. The van der Waals surface area contributed by atoms with Crippen molar-refractivity contribution in [2.24, 2.45) is 5.92 Å². The Labute approximate surface area is 125 Å². The van der Waals surface area contributed by atoms with Crippen LogP contribution < -0.4 is 5.32 Å². The van der Waals surface area contributed by atoms with Crippen molar-refractivity contribution < 1.29 is 4.79 Å². The number of hydrogen-bond acceptors (Lipinski definition) is 3. The molecule has 0 saturated carbocycles. The highest BCUT2D eigenvalue weighted by molar-refractivity contribution is 6.33. The van der Waals surface area contributed by atoms with Crippen molar-refractivity contribution in [2.75, 3.05) is 26.7 Å². The van der Waals surface area contributed by atoms with Gasteiger partial charge in [0.25, 0.3) is 5.91 Å². The average molecular weight is 299 g/mol. The smallest absolute Gasteiger partial charge is 0.258 e. The third kappa shape index (κ3) is 2.99. The number of nitrogens with zero attached hydrogens (tertiary/aromatic N) is 3. The summed E-state index contributed by atoms with van der Waals surface area (Å²) in [7, 11) is 1.95. The first kappa shape index (κ1) is 15.3. The van der Waals surface area contributed by atoms with Crippen LogP contribution in [0.15, 0.2) is 0 Å². The lowest BCUT2D eigenvalue weighted by Crippen LogP contribution is -2.42. The van der Waals surface area contributed by atoms with Gasteiger partial charge in [0.1, 0.15) is 5.15 Å². The lowest BCUT2D eigenvalue weighted by Gasteiger charge is -2.32. The normalized spacial score (nSPS) is 19.4. The molecular weight excluding hydrogens is 276 g/mol. The Morgan fingerprint density at radius 3 is 2.90 bits per heavy atom. The summed E-state index contributed by atoms with van der Waals surface area (Å²) in [6.45, 7) is 7.05. The maximum absolute atomic E-state index is 12.7. The molecule has 0 unspecified atom stereocenters. The largest absolute Gasteiger partial charge is 0.338 e. The fraction of sp³-hybridized carbons (Fsp3) is 0.714. The number of rotatable bonds is 4. The molecule has 20 heavy (non-hydrogen) atoms. The minimum Gasteiger partial charge on any atom is -0.338 e. The summed E-state index contributed by atoms with van der Waals surface area (Å²) in [4.78, 5) is 14.6. The van der Waals surface area contributed by atoms with E-state index < -0.39 is 0 Å². The van der Waals surface area contributed by atoms with Gasteiger partial charge in [-0.2, -0.15) is 5.10 Å². The Kier molecular flexibility index (Phi) is 5.05. The zero-order chi connectivity index (χ0) is 14.7. The molecule has 1 amide bonds. The predicted octanol–water partition coefficient (Wildman–Crippen LogP) is 1.94. The highest BCUT2D eigenvalue weighted by Crippen LogP contribution is 2.24. The number of carbonyl (C=O) groups is 1. The number of aryl methyl sites for hydroxylation is 2. The van der Waals surface area contributed by atoms with Gasteiger partial charge in [0, 0.05) is 19.6 Å². The van der Waals surface area contributed by atoms with Crippen LogP contribution in [0.4, 0.5) is 0 Å². The third-order valence-electron chi connectivity index (χ3n) is 3.88. The molecule has 2 heterocycles. The molecule has 0 radical (unpaired) electrons. The van der Waals surface area contributed by atoms with Crippen LogP contribution in [-0.2, 0) is 6.54 Å². The van der Waals surface area contributed by atoms with Crippen LogP contribution in [0.3, 0.4) is 0 Å². The summed E-state index contributed by atoms with van der Waals surface area (Å²) in [5.74, 6) is 0.547. The number of likely N-dealkylation sites (tertiary alicyclic amines) is 1. The maximum atomic E-state index is 12.7. The van der Waals surface area contributed by atoms with Gasteiger partial charge in [0.2, 0.25) is 0 Å². The zero-order valence-electron chi connectivity index (χ0n) is 12.4. The van der Waals surface area contributed by atoms with Crippen molar-refractivity contribution in [3.8, 4) is 0 Å². The van der Waals surface area contributed by atoms with Gasteiger partial charge >= 0.3 is 0 Å². The number of nitrogens with one attached hydrogen (secondary N) is 1. The van der Waals surface area contributed by atoms with E-state index in [-0.39, 0.29) is 5.91 Å². The van der Waals surface area contributed by atoms with Crippen molar-refractivity contribution in [3.63, 3.8) is 0 Å². The number of amides is 1. The Bertz CT molecular complexity index is 484. The van der Waals surface area contributed by atoms with E-state index in [4.69, 9.17) is 11.6 Å². The van der Waals surface area contributed by atoms with Gasteiger partial charge in [-0.3, -0.25) is 9.48 Å². The molecule has 5 nitrogen and oxygen atoms in total. The lowest BCUT2D eigenvalue weighted by atomic mass is 9.97. The Morgan fingerprint density at radius 1 is 1.55 bits per heavy atom. The third-order valence-corrected chi connectivity index (χ3v) is 4.26. The monoisotopic (exact) mass is 298 g/mol. The average Bonchev–Trinajstić information content (AvgIpc) is 2.73. The highest BCUT2D eigenvalue weighted by atomic mass is 35.5. The van der Waals surface area contributed by atoms with Crippen LogP contribution in [0.25, 0.3) is 0 Å². The van der Waals surface area contributed by atoms with Crippen LogP contribution in [0, 0.1) is 12.8 Å².